The average molecular weight is 426 g/mol. The number of hydrogen-bond acceptors (Lipinski definition) is 5. The van der Waals surface area contributed by atoms with Gasteiger partial charge >= 0.3 is 0 Å². The molecule has 0 unspecified atom stereocenters. The van der Waals surface area contributed by atoms with Gasteiger partial charge in [0.25, 0.3) is 15.9 Å². The van der Waals surface area contributed by atoms with Crippen molar-refractivity contribution in [1.82, 2.24) is 0 Å². The van der Waals surface area contributed by atoms with Gasteiger partial charge in [-0.3, -0.25) is 9.52 Å². The largest absolute Gasteiger partial charge is 0.497 e. The molecule has 0 aromatic heterocycles. The summed E-state index contributed by atoms with van der Waals surface area (Å²) in [6.45, 7) is 1.92. The Morgan fingerprint density at radius 2 is 1.33 bits per heavy atom. The first-order chi connectivity index (χ1) is 14.3. The van der Waals surface area contributed by atoms with Crippen molar-refractivity contribution in [2.24, 2.45) is 0 Å². The first-order valence-corrected chi connectivity index (χ1v) is 10.5. The topological polar surface area (TPSA) is 93.7 Å². The molecule has 0 saturated heterocycles. The quantitative estimate of drug-likeness (QED) is 0.594. The maximum atomic E-state index is 12.6. The van der Waals surface area contributed by atoms with Crippen LogP contribution in [-0.4, -0.2) is 28.5 Å². The van der Waals surface area contributed by atoms with E-state index in [0.717, 1.165) is 5.56 Å². The van der Waals surface area contributed by atoms with Gasteiger partial charge in [0, 0.05) is 23.0 Å². The lowest BCUT2D eigenvalue weighted by molar-refractivity contribution is 0.102. The molecule has 0 atom stereocenters. The SMILES string of the molecule is COc1cc(OC)cc(C(=O)Nc2ccc(S(=O)(=O)Nc3ccc(C)cc3)cc2)c1. The van der Waals surface area contributed by atoms with Crippen molar-refractivity contribution in [1.29, 1.82) is 0 Å². The van der Waals surface area contributed by atoms with Crippen LogP contribution in [-0.2, 0) is 10.0 Å². The van der Waals surface area contributed by atoms with E-state index >= 15 is 0 Å². The summed E-state index contributed by atoms with van der Waals surface area (Å²) in [5, 5.41) is 2.73. The zero-order valence-corrected chi connectivity index (χ0v) is 17.6. The molecule has 0 heterocycles. The molecule has 0 aliphatic heterocycles. The number of carbonyl (C=O) groups is 1. The van der Waals surface area contributed by atoms with Crippen LogP contribution in [0.4, 0.5) is 11.4 Å². The second kappa shape index (κ2) is 8.87. The molecular formula is C22H22N2O5S. The highest BCUT2D eigenvalue weighted by Crippen LogP contribution is 2.24. The van der Waals surface area contributed by atoms with Crippen LogP contribution in [0.5, 0.6) is 11.5 Å². The van der Waals surface area contributed by atoms with E-state index in [1.165, 1.54) is 38.5 Å². The maximum Gasteiger partial charge on any atom is 0.261 e. The molecule has 3 aromatic rings. The number of hydrogen-bond donors (Lipinski definition) is 2. The molecule has 2 N–H and O–H groups in total. The lowest BCUT2D eigenvalue weighted by atomic mass is 10.2. The van der Waals surface area contributed by atoms with Gasteiger partial charge < -0.3 is 14.8 Å². The van der Waals surface area contributed by atoms with E-state index in [4.69, 9.17) is 9.47 Å². The molecule has 0 saturated carbocycles. The van der Waals surface area contributed by atoms with Crippen LogP contribution in [0.1, 0.15) is 15.9 Å². The molecule has 3 rings (SSSR count). The molecule has 7 nitrogen and oxygen atoms in total. The number of anilines is 2. The number of sulfonamides is 1. The molecular weight excluding hydrogens is 404 g/mol. The summed E-state index contributed by atoms with van der Waals surface area (Å²) in [6.07, 6.45) is 0. The third-order valence-electron chi connectivity index (χ3n) is 4.34. The number of aryl methyl sites for hydroxylation is 1. The third-order valence-corrected chi connectivity index (χ3v) is 5.74. The van der Waals surface area contributed by atoms with Crippen molar-refractivity contribution < 1.29 is 22.7 Å². The Morgan fingerprint density at radius 1 is 0.800 bits per heavy atom. The highest BCUT2D eigenvalue weighted by molar-refractivity contribution is 7.92. The summed E-state index contributed by atoms with van der Waals surface area (Å²) in [5.74, 6) is 0.604. The van der Waals surface area contributed by atoms with Gasteiger partial charge in [-0.25, -0.2) is 8.42 Å². The first-order valence-electron chi connectivity index (χ1n) is 9.05. The molecule has 0 aliphatic rings. The number of methoxy groups -OCH3 is 2. The number of rotatable bonds is 7. The second-order valence-electron chi connectivity index (χ2n) is 6.55. The standard InChI is InChI=1S/C22H22N2O5S/c1-15-4-6-18(7-5-15)24-30(26,27)21-10-8-17(9-11-21)23-22(25)16-12-19(28-2)14-20(13-16)29-3/h4-14,24H,1-3H3,(H,23,25). The lowest BCUT2D eigenvalue weighted by Gasteiger charge is -2.11. The van der Waals surface area contributed by atoms with Gasteiger partial charge in [0.05, 0.1) is 19.1 Å². The predicted octanol–water partition coefficient (Wildman–Crippen LogP) is 4.07. The summed E-state index contributed by atoms with van der Waals surface area (Å²) < 4.78 is 38.0. The number of amides is 1. The minimum absolute atomic E-state index is 0.0872. The average Bonchev–Trinajstić information content (AvgIpc) is 2.75. The van der Waals surface area contributed by atoms with E-state index in [0.29, 0.717) is 28.4 Å². The summed E-state index contributed by atoms with van der Waals surface area (Å²) >= 11 is 0. The van der Waals surface area contributed by atoms with E-state index in [-0.39, 0.29) is 10.8 Å². The third kappa shape index (κ3) is 5.09. The monoisotopic (exact) mass is 426 g/mol. The summed E-state index contributed by atoms with van der Waals surface area (Å²) in [4.78, 5) is 12.6. The highest BCUT2D eigenvalue weighted by Gasteiger charge is 2.15. The van der Waals surface area contributed by atoms with Crippen molar-refractivity contribution in [2.75, 3.05) is 24.3 Å². The van der Waals surface area contributed by atoms with Gasteiger partial charge in [0.2, 0.25) is 0 Å². The number of carbonyl (C=O) groups excluding carboxylic acids is 1. The van der Waals surface area contributed by atoms with Gasteiger partial charge in [-0.1, -0.05) is 17.7 Å². The van der Waals surface area contributed by atoms with Gasteiger partial charge in [0.15, 0.2) is 0 Å². The van der Waals surface area contributed by atoms with E-state index in [1.54, 1.807) is 30.3 Å². The van der Waals surface area contributed by atoms with Crippen molar-refractivity contribution >= 4 is 27.3 Å². The minimum atomic E-state index is -3.74. The Hall–Kier alpha value is -3.52. The van der Waals surface area contributed by atoms with Crippen molar-refractivity contribution in [3.63, 3.8) is 0 Å². The molecule has 0 bridgehead atoms. The van der Waals surface area contributed by atoms with E-state index in [9.17, 15) is 13.2 Å². The molecule has 0 aliphatic carbocycles. The molecule has 0 spiro atoms. The summed E-state index contributed by atoms with van der Waals surface area (Å²) in [5.41, 5.74) is 2.32. The Morgan fingerprint density at radius 3 is 1.87 bits per heavy atom. The smallest absolute Gasteiger partial charge is 0.261 e. The fourth-order valence-corrected chi connectivity index (χ4v) is 3.75. The molecule has 8 heteroatoms. The van der Waals surface area contributed by atoms with Crippen LogP contribution in [0.2, 0.25) is 0 Å². The predicted molar refractivity (Wildman–Crippen MR) is 116 cm³/mol. The van der Waals surface area contributed by atoms with Gasteiger partial charge in [0.1, 0.15) is 11.5 Å². The van der Waals surface area contributed by atoms with Crippen LogP contribution in [0.25, 0.3) is 0 Å². The Bertz CT molecular complexity index is 1120. The van der Waals surface area contributed by atoms with Crippen LogP contribution in [0, 0.1) is 6.92 Å². The van der Waals surface area contributed by atoms with Gasteiger partial charge in [-0.2, -0.15) is 0 Å². The van der Waals surface area contributed by atoms with Crippen LogP contribution >= 0.6 is 0 Å². The van der Waals surface area contributed by atoms with Crippen LogP contribution in [0.15, 0.2) is 71.6 Å². The fraction of sp³-hybridized carbons (Fsp3) is 0.136. The molecule has 0 fully saturated rings. The van der Waals surface area contributed by atoms with Crippen molar-refractivity contribution in [3.05, 3.63) is 77.9 Å². The fourth-order valence-electron chi connectivity index (χ4n) is 2.69. The van der Waals surface area contributed by atoms with Crippen LogP contribution < -0.4 is 19.5 Å². The normalized spacial score (nSPS) is 10.9. The molecule has 3 aromatic carbocycles. The number of ether oxygens (including phenoxy) is 2. The Labute approximate surface area is 175 Å². The van der Waals surface area contributed by atoms with E-state index < -0.39 is 10.0 Å². The van der Waals surface area contributed by atoms with Crippen molar-refractivity contribution in [3.8, 4) is 11.5 Å². The lowest BCUT2D eigenvalue weighted by Crippen LogP contribution is -2.14. The Kier molecular flexibility index (Phi) is 6.27. The number of nitrogens with one attached hydrogen (secondary N) is 2. The van der Waals surface area contributed by atoms with Gasteiger partial charge in [-0.05, 0) is 55.5 Å². The number of benzene rings is 3. The Balaban J connectivity index is 1.74. The minimum Gasteiger partial charge on any atom is -0.497 e. The van der Waals surface area contributed by atoms with E-state index in [2.05, 4.69) is 10.0 Å². The zero-order chi connectivity index (χ0) is 21.7. The summed E-state index contributed by atoms with van der Waals surface area (Å²) in [6, 6.07) is 17.8. The summed E-state index contributed by atoms with van der Waals surface area (Å²) in [7, 11) is -0.737. The molecule has 156 valence electrons. The first kappa shape index (κ1) is 21.2. The van der Waals surface area contributed by atoms with Crippen LogP contribution in [0.3, 0.4) is 0 Å². The highest BCUT2D eigenvalue weighted by atomic mass is 32.2. The second-order valence-corrected chi connectivity index (χ2v) is 8.23. The van der Waals surface area contributed by atoms with E-state index in [1.807, 2.05) is 19.1 Å². The maximum absolute atomic E-state index is 12.6. The molecule has 0 radical (unpaired) electrons. The van der Waals surface area contributed by atoms with Crippen molar-refractivity contribution in [2.45, 2.75) is 11.8 Å². The van der Waals surface area contributed by atoms with Gasteiger partial charge in [-0.15, -0.1) is 0 Å². The molecule has 30 heavy (non-hydrogen) atoms. The molecule has 1 amide bonds. The zero-order valence-electron chi connectivity index (χ0n) is 16.8.